The van der Waals surface area contributed by atoms with Crippen LogP contribution in [0, 0.1) is 0 Å². The highest BCUT2D eigenvalue weighted by Crippen LogP contribution is 2.24. The number of rotatable bonds is 5. The molecule has 0 aliphatic rings. The van der Waals surface area contributed by atoms with E-state index >= 15 is 0 Å². The lowest BCUT2D eigenvalue weighted by Gasteiger charge is -2.16. The number of hydrogen-bond donors (Lipinski definition) is 1. The number of nitrogens with one attached hydrogen (secondary N) is 1. The minimum Gasteiger partial charge on any atom is -0.376 e. The number of aromatic nitrogens is 1. The molecule has 1 aromatic heterocycles. The van der Waals surface area contributed by atoms with Crippen LogP contribution in [0.5, 0.6) is 0 Å². The Bertz CT molecular complexity index is 451. The standard InChI is InChI=1S/C14H18N2S/c1-3-6-12-7-4-5-8-13(12)16-11(2)14-15-9-10-17-14/h4-5,7-11,16H,3,6H2,1-2H3. The molecule has 1 N–H and O–H groups in total. The van der Waals surface area contributed by atoms with Gasteiger partial charge in [-0.3, -0.25) is 0 Å². The number of anilines is 1. The van der Waals surface area contributed by atoms with E-state index in [0.29, 0.717) is 0 Å². The maximum absolute atomic E-state index is 4.34. The molecule has 0 saturated heterocycles. The Labute approximate surface area is 107 Å². The van der Waals surface area contributed by atoms with Crippen LogP contribution in [0.3, 0.4) is 0 Å². The van der Waals surface area contributed by atoms with Crippen LogP contribution in [-0.2, 0) is 6.42 Å². The largest absolute Gasteiger partial charge is 0.376 e. The lowest BCUT2D eigenvalue weighted by atomic mass is 10.1. The predicted molar refractivity (Wildman–Crippen MR) is 74.6 cm³/mol. The first-order valence-electron chi connectivity index (χ1n) is 6.05. The summed E-state index contributed by atoms with van der Waals surface area (Å²) in [6.07, 6.45) is 4.15. The first-order chi connectivity index (χ1) is 8.31. The topological polar surface area (TPSA) is 24.9 Å². The molecular formula is C14H18N2S. The Balaban J connectivity index is 2.12. The van der Waals surface area contributed by atoms with E-state index < -0.39 is 0 Å². The summed E-state index contributed by atoms with van der Waals surface area (Å²) in [6, 6.07) is 8.79. The number of para-hydroxylation sites is 1. The summed E-state index contributed by atoms with van der Waals surface area (Å²) in [5.74, 6) is 0. The van der Waals surface area contributed by atoms with Crippen molar-refractivity contribution in [1.29, 1.82) is 0 Å². The zero-order valence-corrected chi connectivity index (χ0v) is 11.1. The lowest BCUT2D eigenvalue weighted by molar-refractivity contribution is 0.856. The average molecular weight is 246 g/mol. The molecule has 1 unspecified atom stereocenters. The first-order valence-corrected chi connectivity index (χ1v) is 6.93. The summed E-state index contributed by atoms with van der Waals surface area (Å²) in [5.41, 5.74) is 2.62. The molecule has 0 aliphatic carbocycles. The maximum atomic E-state index is 4.34. The van der Waals surface area contributed by atoms with Gasteiger partial charge in [0.05, 0.1) is 6.04 Å². The molecule has 0 radical (unpaired) electrons. The molecule has 1 aromatic carbocycles. The highest BCUT2D eigenvalue weighted by atomic mass is 32.1. The lowest BCUT2D eigenvalue weighted by Crippen LogP contribution is -2.08. The van der Waals surface area contributed by atoms with E-state index in [1.165, 1.54) is 17.7 Å². The summed E-state index contributed by atoms with van der Waals surface area (Å²) >= 11 is 1.70. The SMILES string of the molecule is CCCc1ccccc1NC(C)c1nccs1. The van der Waals surface area contributed by atoms with Crippen LogP contribution >= 0.6 is 11.3 Å². The summed E-state index contributed by atoms with van der Waals surface area (Å²) in [4.78, 5) is 4.34. The fourth-order valence-corrected chi connectivity index (χ4v) is 2.54. The zero-order chi connectivity index (χ0) is 12.1. The number of aryl methyl sites for hydroxylation is 1. The smallest absolute Gasteiger partial charge is 0.115 e. The van der Waals surface area contributed by atoms with E-state index in [9.17, 15) is 0 Å². The molecule has 0 aliphatic heterocycles. The second-order valence-electron chi connectivity index (χ2n) is 4.14. The van der Waals surface area contributed by atoms with Crippen LogP contribution in [0.25, 0.3) is 0 Å². The van der Waals surface area contributed by atoms with E-state index in [0.717, 1.165) is 11.4 Å². The fraction of sp³-hybridized carbons (Fsp3) is 0.357. The van der Waals surface area contributed by atoms with Crippen molar-refractivity contribution >= 4 is 17.0 Å². The summed E-state index contributed by atoms with van der Waals surface area (Å²) in [5, 5.41) is 6.70. The molecule has 0 saturated carbocycles. The molecule has 2 rings (SSSR count). The number of hydrogen-bond acceptors (Lipinski definition) is 3. The van der Waals surface area contributed by atoms with Gasteiger partial charge < -0.3 is 5.32 Å². The van der Waals surface area contributed by atoms with Crippen molar-refractivity contribution < 1.29 is 0 Å². The molecule has 2 nitrogen and oxygen atoms in total. The Morgan fingerprint density at radius 1 is 1.35 bits per heavy atom. The van der Waals surface area contributed by atoms with Crippen molar-refractivity contribution in [3.8, 4) is 0 Å². The van der Waals surface area contributed by atoms with E-state index in [1.54, 1.807) is 11.3 Å². The Kier molecular flexibility index (Phi) is 4.15. The van der Waals surface area contributed by atoms with E-state index in [-0.39, 0.29) is 6.04 Å². The summed E-state index contributed by atoms with van der Waals surface area (Å²) < 4.78 is 0. The molecule has 0 amide bonds. The third-order valence-corrected chi connectivity index (χ3v) is 3.69. The van der Waals surface area contributed by atoms with Gasteiger partial charge in [-0.15, -0.1) is 11.3 Å². The maximum Gasteiger partial charge on any atom is 0.115 e. The molecule has 0 fully saturated rings. The Morgan fingerprint density at radius 3 is 2.88 bits per heavy atom. The molecule has 1 atom stereocenters. The molecule has 0 spiro atoms. The molecular weight excluding hydrogens is 228 g/mol. The van der Waals surface area contributed by atoms with Crippen molar-refractivity contribution in [2.75, 3.05) is 5.32 Å². The second-order valence-corrected chi connectivity index (χ2v) is 5.07. The van der Waals surface area contributed by atoms with E-state index in [4.69, 9.17) is 0 Å². The van der Waals surface area contributed by atoms with E-state index in [2.05, 4.69) is 48.4 Å². The van der Waals surface area contributed by atoms with Gasteiger partial charge in [-0.05, 0) is 25.0 Å². The van der Waals surface area contributed by atoms with E-state index in [1.807, 2.05) is 11.6 Å². The van der Waals surface area contributed by atoms with Crippen molar-refractivity contribution in [3.05, 3.63) is 46.4 Å². The van der Waals surface area contributed by atoms with Gasteiger partial charge in [0, 0.05) is 17.3 Å². The summed E-state index contributed by atoms with van der Waals surface area (Å²) in [6.45, 7) is 4.36. The Hall–Kier alpha value is -1.35. The number of thiazole rings is 1. The van der Waals surface area contributed by atoms with Crippen LogP contribution in [-0.4, -0.2) is 4.98 Å². The predicted octanol–water partition coefficient (Wildman–Crippen LogP) is 4.27. The van der Waals surface area contributed by atoms with Gasteiger partial charge in [0.2, 0.25) is 0 Å². The zero-order valence-electron chi connectivity index (χ0n) is 10.3. The van der Waals surface area contributed by atoms with Gasteiger partial charge in [0.15, 0.2) is 0 Å². The monoisotopic (exact) mass is 246 g/mol. The molecule has 90 valence electrons. The third kappa shape index (κ3) is 3.07. The minimum atomic E-state index is 0.271. The van der Waals surface area contributed by atoms with Crippen molar-refractivity contribution in [3.63, 3.8) is 0 Å². The van der Waals surface area contributed by atoms with Crippen molar-refractivity contribution in [1.82, 2.24) is 4.98 Å². The molecule has 1 heterocycles. The van der Waals surface area contributed by atoms with Gasteiger partial charge in [-0.25, -0.2) is 4.98 Å². The number of nitrogens with zero attached hydrogens (tertiary/aromatic N) is 1. The van der Waals surface area contributed by atoms with Crippen LogP contribution in [0.1, 0.15) is 36.9 Å². The van der Waals surface area contributed by atoms with Gasteiger partial charge in [-0.2, -0.15) is 0 Å². The third-order valence-electron chi connectivity index (χ3n) is 2.73. The Morgan fingerprint density at radius 2 is 2.18 bits per heavy atom. The molecule has 0 bridgehead atoms. The second kappa shape index (κ2) is 5.82. The van der Waals surface area contributed by atoms with Gasteiger partial charge >= 0.3 is 0 Å². The van der Waals surface area contributed by atoms with Gasteiger partial charge in [-0.1, -0.05) is 31.5 Å². The quantitative estimate of drug-likeness (QED) is 0.852. The molecule has 3 heteroatoms. The number of benzene rings is 1. The first kappa shape index (κ1) is 12.1. The van der Waals surface area contributed by atoms with Crippen molar-refractivity contribution in [2.24, 2.45) is 0 Å². The molecule has 2 aromatic rings. The summed E-state index contributed by atoms with van der Waals surface area (Å²) in [7, 11) is 0. The van der Waals surface area contributed by atoms with Crippen molar-refractivity contribution in [2.45, 2.75) is 32.7 Å². The van der Waals surface area contributed by atoms with Gasteiger partial charge in [0.25, 0.3) is 0 Å². The average Bonchev–Trinajstić information content (AvgIpc) is 2.85. The highest BCUT2D eigenvalue weighted by Gasteiger charge is 2.09. The van der Waals surface area contributed by atoms with Gasteiger partial charge in [0.1, 0.15) is 5.01 Å². The van der Waals surface area contributed by atoms with Crippen LogP contribution < -0.4 is 5.32 Å². The fourth-order valence-electron chi connectivity index (χ4n) is 1.89. The highest BCUT2D eigenvalue weighted by molar-refractivity contribution is 7.09. The van der Waals surface area contributed by atoms with Crippen LogP contribution in [0.4, 0.5) is 5.69 Å². The minimum absolute atomic E-state index is 0.271. The normalized spacial score (nSPS) is 12.4. The molecule has 17 heavy (non-hydrogen) atoms. The van der Waals surface area contributed by atoms with Crippen LogP contribution in [0.15, 0.2) is 35.8 Å². The van der Waals surface area contributed by atoms with Crippen LogP contribution in [0.2, 0.25) is 0 Å².